The smallest absolute Gasteiger partial charge is 0.170 e. The summed E-state index contributed by atoms with van der Waals surface area (Å²) in [5.41, 5.74) is 4.10. The van der Waals surface area contributed by atoms with Gasteiger partial charge in [0.1, 0.15) is 6.07 Å². The second kappa shape index (κ2) is 5.94. The molecule has 5 heteroatoms. The van der Waals surface area contributed by atoms with Crippen LogP contribution in [0.2, 0.25) is 0 Å². The predicted molar refractivity (Wildman–Crippen MR) is 91.0 cm³/mol. The molecule has 24 heavy (non-hydrogen) atoms. The van der Waals surface area contributed by atoms with Gasteiger partial charge >= 0.3 is 0 Å². The van der Waals surface area contributed by atoms with Gasteiger partial charge in [-0.1, -0.05) is 24.3 Å². The monoisotopic (exact) mass is 311 g/mol. The highest BCUT2D eigenvalue weighted by Gasteiger charge is 2.10. The van der Waals surface area contributed by atoms with Gasteiger partial charge in [0.25, 0.3) is 0 Å². The number of hydrogen-bond donors (Lipinski definition) is 0. The molecule has 0 bridgehead atoms. The zero-order valence-electron chi connectivity index (χ0n) is 12.8. The summed E-state index contributed by atoms with van der Waals surface area (Å²) >= 11 is 0. The van der Waals surface area contributed by atoms with Gasteiger partial charge in [-0.05, 0) is 35.9 Å². The minimum atomic E-state index is 0.448. The van der Waals surface area contributed by atoms with Crippen LogP contribution in [0.3, 0.4) is 0 Å². The van der Waals surface area contributed by atoms with E-state index in [4.69, 9.17) is 0 Å². The molecule has 0 aliphatic carbocycles. The molecule has 4 aromatic rings. The van der Waals surface area contributed by atoms with E-state index in [9.17, 15) is 5.26 Å². The van der Waals surface area contributed by atoms with Gasteiger partial charge in [-0.25, -0.2) is 0 Å². The lowest BCUT2D eigenvalue weighted by Gasteiger charge is -2.05. The van der Waals surface area contributed by atoms with Crippen molar-refractivity contribution < 1.29 is 0 Å². The van der Waals surface area contributed by atoms with Gasteiger partial charge in [-0.2, -0.15) is 10.4 Å². The van der Waals surface area contributed by atoms with Crippen molar-refractivity contribution >= 4 is 10.9 Å². The number of pyridine rings is 2. The number of para-hydroxylation sites is 1. The van der Waals surface area contributed by atoms with Gasteiger partial charge in [0.05, 0.1) is 23.4 Å². The van der Waals surface area contributed by atoms with Crippen molar-refractivity contribution in [1.82, 2.24) is 19.7 Å². The maximum Gasteiger partial charge on any atom is 0.170 e. The number of benzene rings is 1. The molecule has 0 aliphatic heterocycles. The normalized spacial score (nSPS) is 10.6. The average Bonchev–Trinajstić information content (AvgIpc) is 3.01. The van der Waals surface area contributed by atoms with Crippen LogP contribution >= 0.6 is 0 Å². The molecule has 0 N–H and O–H groups in total. The largest absolute Gasteiger partial charge is 0.259 e. The summed E-state index contributed by atoms with van der Waals surface area (Å²) in [5, 5.41) is 14.5. The Morgan fingerprint density at radius 1 is 0.917 bits per heavy atom. The summed E-state index contributed by atoms with van der Waals surface area (Å²) in [4.78, 5) is 8.79. The maximum absolute atomic E-state index is 9.23. The van der Waals surface area contributed by atoms with Crippen LogP contribution < -0.4 is 0 Å². The molecule has 0 saturated carbocycles. The topological polar surface area (TPSA) is 67.4 Å². The fourth-order valence-corrected chi connectivity index (χ4v) is 2.69. The lowest BCUT2D eigenvalue weighted by Crippen LogP contribution is -2.02. The minimum Gasteiger partial charge on any atom is -0.259 e. The molecule has 3 aromatic heterocycles. The first-order chi connectivity index (χ1) is 11.8. The summed E-state index contributed by atoms with van der Waals surface area (Å²) in [7, 11) is 0. The Hall–Kier alpha value is -3.52. The van der Waals surface area contributed by atoms with Crippen molar-refractivity contribution in [2.75, 3.05) is 0 Å². The predicted octanol–water partition coefficient (Wildman–Crippen LogP) is 3.41. The highest BCUT2D eigenvalue weighted by Crippen LogP contribution is 2.19. The van der Waals surface area contributed by atoms with E-state index in [1.165, 1.54) is 0 Å². The quantitative estimate of drug-likeness (QED) is 0.581. The third kappa shape index (κ3) is 2.50. The van der Waals surface area contributed by atoms with Crippen LogP contribution in [0.4, 0.5) is 0 Å². The summed E-state index contributed by atoms with van der Waals surface area (Å²) in [6, 6.07) is 19.6. The van der Waals surface area contributed by atoms with Gasteiger partial charge in [-0.15, -0.1) is 0 Å². The first-order valence-electron chi connectivity index (χ1n) is 7.57. The van der Waals surface area contributed by atoms with Gasteiger partial charge in [0, 0.05) is 17.8 Å². The van der Waals surface area contributed by atoms with E-state index < -0.39 is 0 Å². The molecule has 0 saturated heterocycles. The third-order valence-corrected chi connectivity index (χ3v) is 3.85. The highest BCUT2D eigenvalue weighted by molar-refractivity contribution is 5.84. The first-order valence-corrected chi connectivity index (χ1v) is 7.57. The molecular formula is C19H13N5. The fraction of sp³-hybridized carbons (Fsp3) is 0.0526. The Morgan fingerprint density at radius 3 is 2.50 bits per heavy atom. The Bertz CT molecular complexity index is 1030. The summed E-state index contributed by atoms with van der Waals surface area (Å²) in [5.74, 6) is 0. The van der Waals surface area contributed by atoms with Crippen molar-refractivity contribution in [3.8, 4) is 17.5 Å². The zero-order chi connectivity index (χ0) is 16.4. The van der Waals surface area contributed by atoms with Crippen LogP contribution in [0.5, 0.6) is 0 Å². The van der Waals surface area contributed by atoms with Gasteiger partial charge < -0.3 is 0 Å². The maximum atomic E-state index is 9.23. The SMILES string of the molecule is N#Cc1nn(Cc2ccc(-c3ccccn3)nc2)c2ccccc12. The number of aromatic nitrogens is 4. The van der Waals surface area contributed by atoms with Crippen molar-refractivity contribution in [3.63, 3.8) is 0 Å². The first kappa shape index (κ1) is 14.1. The van der Waals surface area contributed by atoms with Crippen molar-refractivity contribution in [2.45, 2.75) is 6.54 Å². The Kier molecular flexibility index (Phi) is 3.49. The minimum absolute atomic E-state index is 0.448. The number of rotatable bonds is 3. The van der Waals surface area contributed by atoms with Crippen LogP contribution in [-0.4, -0.2) is 19.7 Å². The van der Waals surface area contributed by atoms with Crippen molar-refractivity contribution in [3.05, 3.63) is 78.2 Å². The van der Waals surface area contributed by atoms with E-state index in [1.807, 2.05) is 65.5 Å². The highest BCUT2D eigenvalue weighted by atomic mass is 15.3. The molecule has 0 radical (unpaired) electrons. The molecule has 114 valence electrons. The van der Waals surface area contributed by atoms with Gasteiger partial charge in [-0.3, -0.25) is 14.6 Å². The Balaban J connectivity index is 1.66. The van der Waals surface area contributed by atoms with Crippen molar-refractivity contribution in [2.24, 2.45) is 0 Å². The van der Waals surface area contributed by atoms with E-state index >= 15 is 0 Å². The molecule has 3 heterocycles. The van der Waals surface area contributed by atoms with E-state index in [0.29, 0.717) is 12.2 Å². The van der Waals surface area contributed by atoms with Crippen molar-refractivity contribution in [1.29, 1.82) is 5.26 Å². The van der Waals surface area contributed by atoms with Crippen LogP contribution in [0.1, 0.15) is 11.3 Å². The molecule has 0 amide bonds. The van der Waals surface area contributed by atoms with E-state index in [0.717, 1.165) is 27.9 Å². The molecule has 0 atom stereocenters. The summed E-state index contributed by atoms with van der Waals surface area (Å²) in [6.45, 7) is 0.567. The molecule has 4 rings (SSSR count). The fourth-order valence-electron chi connectivity index (χ4n) is 2.69. The molecular weight excluding hydrogens is 298 g/mol. The van der Waals surface area contributed by atoms with Crippen LogP contribution in [-0.2, 0) is 6.54 Å². The second-order valence-electron chi connectivity index (χ2n) is 5.40. The lowest BCUT2D eigenvalue weighted by molar-refractivity contribution is 0.706. The molecule has 0 spiro atoms. The summed E-state index contributed by atoms with van der Waals surface area (Å²) in [6.07, 6.45) is 3.58. The Morgan fingerprint density at radius 2 is 1.75 bits per heavy atom. The molecule has 0 fully saturated rings. The Labute approximate surface area is 138 Å². The van der Waals surface area contributed by atoms with Crippen LogP contribution in [0, 0.1) is 11.3 Å². The molecule has 5 nitrogen and oxygen atoms in total. The van der Waals surface area contributed by atoms with Gasteiger partial charge in [0.2, 0.25) is 0 Å². The van der Waals surface area contributed by atoms with Crippen LogP contribution in [0.25, 0.3) is 22.3 Å². The summed E-state index contributed by atoms with van der Waals surface area (Å²) < 4.78 is 1.84. The number of nitriles is 1. The standard InChI is InChI=1S/C19H13N5/c20-11-18-15-5-1-2-7-19(15)24(23-18)13-14-8-9-17(22-12-14)16-6-3-4-10-21-16/h1-10,12H,13H2. The third-order valence-electron chi connectivity index (χ3n) is 3.85. The lowest BCUT2D eigenvalue weighted by atomic mass is 10.2. The zero-order valence-corrected chi connectivity index (χ0v) is 12.8. The molecule has 0 unspecified atom stereocenters. The van der Waals surface area contributed by atoms with E-state index in [-0.39, 0.29) is 0 Å². The number of nitrogens with zero attached hydrogens (tertiary/aromatic N) is 5. The van der Waals surface area contributed by atoms with E-state index in [2.05, 4.69) is 21.1 Å². The van der Waals surface area contributed by atoms with Gasteiger partial charge in [0.15, 0.2) is 5.69 Å². The molecule has 0 aliphatic rings. The van der Waals surface area contributed by atoms with Crippen LogP contribution in [0.15, 0.2) is 67.0 Å². The average molecular weight is 311 g/mol. The van der Waals surface area contributed by atoms with E-state index in [1.54, 1.807) is 6.20 Å². The number of fused-ring (bicyclic) bond motifs is 1. The molecule has 1 aromatic carbocycles. The second-order valence-corrected chi connectivity index (χ2v) is 5.40. The number of hydrogen-bond acceptors (Lipinski definition) is 4.